The first-order valence-electron chi connectivity index (χ1n) is 10.9. The molecule has 1 aromatic rings. The van der Waals surface area contributed by atoms with Crippen molar-refractivity contribution in [2.24, 2.45) is 16.3 Å². The molecule has 9 heteroatoms. The average molecular weight is 458 g/mol. The molecule has 32 heavy (non-hydrogen) atoms. The highest BCUT2D eigenvalue weighted by molar-refractivity contribution is 8.01. The molecule has 2 aliphatic heterocycles. The number of hydrogen-bond donors (Lipinski definition) is 2. The summed E-state index contributed by atoms with van der Waals surface area (Å²) in [5.41, 5.74) is 1.02. The van der Waals surface area contributed by atoms with Crippen LogP contribution >= 0.6 is 11.8 Å². The molecule has 172 valence electrons. The summed E-state index contributed by atoms with van der Waals surface area (Å²) in [4.78, 5) is 31.4. The number of carbonyl (C=O) groups excluding carboxylic acids is 2. The van der Waals surface area contributed by atoms with E-state index >= 15 is 0 Å². The molecule has 0 aliphatic carbocycles. The zero-order valence-corrected chi connectivity index (χ0v) is 20.0. The highest BCUT2D eigenvalue weighted by Gasteiger charge is 2.46. The van der Waals surface area contributed by atoms with Crippen molar-refractivity contribution in [2.45, 2.75) is 51.3 Å². The minimum Gasteiger partial charge on any atom is -0.475 e. The second-order valence-corrected chi connectivity index (χ2v) is 10.3. The Morgan fingerprint density at radius 3 is 2.72 bits per heavy atom. The number of benzene rings is 1. The summed E-state index contributed by atoms with van der Waals surface area (Å²) < 4.78 is 5.71. The third-order valence-electron chi connectivity index (χ3n) is 5.32. The summed E-state index contributed by atoms with van der Waals surface area (Å²) >= 11 is 1.47. The fraction of sp³-hybridized carbons (Fsp3) is 0.565. The second kappa shape index (κ2) is 9.82. The maximum absolute atomic E-state index is 13.0. The van der Waals surface area contributed by atoms with Crippen molar-refractivity contribution >= 4 is 40.8 Å². The zero-order chi connectivity index (χ0) is 23.5. The van der Waals surface area contributed by atoms with Crippen LogP contribution in [0.2, 0.25) is 0 Å². The topological polar surface area (TPSA) is 107 Å². The fourth-order valence-electron chi connectivity index (χ4n) is 3.49. The molecular formula is C23H31N5O3S. The van der Waals surface area contributed by atoms with Gasteiger partial charge in [0.15, 0.2) is 5.92 Å². The van der Waals surface area contributed by atoms with E-state index in [1.165, 1.54) is 11.8 Å². The van der Waals surface area contributed by atoms with E-state index in [1.54, 1.807) is 4.90 Å². The van der Waals surface area contributed by atoms with Crippen molar-refractivity contribution in [3.05, 3.63) is 24.3 Å². The van der Waals surface area contributed by atoms with Gasteiger partial charge in [-0.2, -0.15) is 5.26 Å². The number of aliphatic imine (C=N–C) groups is 1. The summed E-state index contributed by atoms with van der Waals surface area (Å²) in [5.74, 6) is -0.222. The molecule has 4 unspecified atom stereocenters. The number of rotatable bonds is 7. The van der Waals surface area contributed by atoms with Crippen molar-refractivity contribution in [3.8, 4) is 6.07 Å². The normalized spacial score (nSPS) is 23.9. The van der Waals surface area contributed by atoms with E-state index in [4.69, 9.17) is 4.74 Å². The Balaban J connectivity index is 1.66. The molecule has 0 bridgehead atoms. The Labute approximate surface area is 193 Å². The minimum atomic E-state index is -0.588. The first kappa shape index (κ1) is 23.9. The number of thioether (sulfide) groups is 1. The Morgan fingerprint density at radius 2 is 2.12 bits per heavy atom. The van der Waals surface area contributed by atoms with Crippen LogP contribution in [0, 0.1) is 22.7 Å². The summed E-state index contributed by atoms with van der Waals surface area (Å²) in [7, 11) is 0. The van der Waals surface area contributed by atoms with Gasteiger partial charge in [-0.15, -0.1) is 11.8 Å². The monoisotopic (exact) mass is 457 g/mol. The smallest absolute Gasteiger partial charge is 0.238 e. The minimum absolute atomic E-state index is 0.000847. The van der Waals surface area contributed by atoms with Crippen LogP contribution in [-0.2, 0) is 14.3 Å². The van der Waals surface area contributed by atoms with Crippen molar-refractivity contribution < 1.29 is 14.3 Å². The number of hydrogen-bond acceptors (Lipinski definition) is 7. The van der Waals surface area contributed by atoms with Crippen LogP contribution in [-0.4, -0.2) is 59.0 Å². The van der Waals surface area contributed by atoms with Crippen LogP contribution in [0.25, 0.3) is 0 Å². The number of nitriles is 1. The van der Waals surface area contributed by atoms with E-state index in [-0.39, 0.29) is 28.5 Å². The van der Waals surface area contributed by atoms with Crippen LogP contribution in [0.15, 0.2) is 29.3 Å². The summed E-state index contributed by atoms with van der Waals surface area (Å²) in [6.45, 7) is 10.9. The molecule has 0 spiro atoms. The van der Waals surface area contributed by atoms with Crippen LogP contribution < -0.4 is 10.6 Å². The van der Waals surface area contributed by atoms with Crippen LogP contribution in [0.5, 0.6) is 0 Å². The lowest BCUT2D eigenvalue weighted by molar-refractivity contribution is -0.129. The van der Waals surface area contributed by atoms with Gasteiger partial charge < -0.3 is 20.3 Å². The molecule has 1 fully saturated rings. The second-order valence-electron chi connectivity index (χ2n) is 9.02. The van der Waals surface area contributed by atoms with Crippen molar-refractivity contribution in [1.82, 2.24) is 4.90 Å². The van der Waals surface area contributed by atoms with Crippen LogP contribution in [0.1, 0.15) is 34.6 Å². The third-order valence-corrected chi connectivity index (χ3v) is 6.82. The lowest BCUT2D eigenvalue weighted by Crippen LogP contribution is -2.41. The lowest BCUT2D eigenvalue weighted by Gasteiger charge is -2.25. The van der Waals surface area contributed by atoms with Gasteiger partial charge in [0.05, 0.1) is 12.6 Å². The molecule has 2 heterocycles. The molecule has 0 saturated carbocycles. The van der Waals surface area contributed by atoms with Crippen molar-refractivity contribution in [2.75, 3.05) is 30.3 Å². The Kier molecular flexibility index (Phi) is 7.34. The van der Waals surface area contributed by atoms with E-state index in [1.807, 2.05) is 58.9 Å². The summed E-state index contributed by atoms with van der Waals surface area (Å²) in [5, 5.41) is 15.3. The molecule has 1 saturated heterocycles. The van der Waals surface area contributed by atoms with Crippen molar-refractivity contribution in [1.29, 1.82) is 5.26 Å². The van der Waals surface area contributed by atoms with Gasteiger partial charge in [-0.3, -0.25) is 14.6 Å². The van der Waals surface area contributed by atoms with Gasteiger partial charge in [-0.25, -0.2) is 0 Å². The predicted molar refractivity (Wildman–Crippen MR) is 128 cm³/mol. The average Bonchev–Trinajstić information content (AvgIpc) is 3.30. The van der Waals surface area contributed by atoms with Crippen LogP contribution in [0.3, 0.4) is 0 Å². The van der Waals surface area contributed by atoms with Gasteiger partial charge in [0.1, 0.15) is 16.7 Å². The molecular weight excluding hydrogens is 426 g/mol. The molecule has 2 N–H and O–H groups in total. The van der Waals surface area contributed by atoms with Crippen molar-refractivity contribution in [3.63, 3.8) is 0 Å². The van der Waals surface area contributed by atoms with E-state index in [2.05, 4.69) is 21.7 Å². The third kappa shape index (κ3) is 5.36. The molecule has 3 rings (SSSR count). The van der Waals surface area contributed by atoms with E-state index in [0.29, 0.717) is 31.2 Å². The van der Waals surface area contributed by atoms with E-state index in [9.17, 15) is 14.9 Å². The van der Waals surface area contributed by atoms with Gasteiger partial charge in [0, 0.05) is 29.9 Å². The van der Waals surface area contributed by atoms with Gasteiger partial charge in [0.2, 0.25) is 17.7 Å². The number of nitrogens with one attached hydrogen (secondary N) is 2. The quantitative estimate of drug-likeness (QED) is 0.650. The number of anilines is 2. The molecule has 0 aromatic heterocycles. The SMILES string of the molecule is CCN1C(=O)C(CNc2cccc(NC(=O)C(C)(C)C)c2)SC1C(C#N)C1=NCC(C)O1. The molecule has 8 nitrogen and oxygen atoms in total. The maximum atomic E-state index is 13.0. The van der Waals surface area contributed by atoms with E-state index < -0.39 is 11.3 Å². The van der Waals surface area contributed by atoms with Gasteiger partial charge in [-0.1, -0.05) is 26.8 Å². The van der Waals surface area contributed by atoms with Gasteiger partial charge >= 0.3 is 0 Å². The number of carbonyl (C=O) groups is 2. The molecule has 4 atom stereocenters. The van der Waals surface area contributed by atoms with Crippen LogP contribution in [0.4, 0.5) is 11.4 Å². The Hall–Kier alpha value is -2.73. The highest BCUT2D eigenvalue weighted by Crippen LogP contribution is 2.37. The Bertz CT molecular complexity index is 936. The zero-order valence-electron chi connectivity index (χ0n) is 19.2. The molecule has 0 radical (unpaired) electrons. The standard InChI is InChI=1S/C23H31N5O3S/c1-6-28-20(29)18(32-21(28)17(11-24)19-26-12-14(2)31-19)13-25-15-8-7-9-16(10-15)27-22(30)23(3,4)5/h7-10,14,17-18,21,25H,6,12-13H2,1-5H3,(H,27,30). The highest BCUT2D eigenvalue weighted by atomic mass is 32.2. The number of ether oxygens (including phenoxy) is 1. The largest absolute Gasteiger partial charge is 0.475 e. The molecule has 2 amide bonds. The first-order valence-corrected chi connectivity index (χ1v) is 11.8. The predicted octanol–water partition coefficient (Wildman–Crippen LogP) is 3.33. The summed E-state index contributed by atoms with van der Waals surface area (Å²) in [6, 6.07) is 9.73. The first-order chi connectivity index (χ1) is 15.1. The fourth-order valence-corrected chi connectivity index (χ4v) is 4.99. The van der Waals surface area contributed by atoms with Gasteiger partial charge in [0.25, 0.3) is 0 Å². The maximum Gasteiger partial charge on any atom is 0.238 e. The van der Waals surface area contributed by atoms with E-state index in [0.717, 1.165) is 5.69 Å². The number of nitrogens with zero attached hydrogens (tertiary/aromatic N) is 3. The lowest BCUT2D eigenvalue weighted by atomic mass is 9.95. The Morgan fingerprint density at radius 1 is 1.41 bits per heavy atom. The molecule has 2 aliphatic rings. The number of amides is 2. The van der Waals surface area contributed by atoms with Gasteiger partial charge in [-0.05, 0) is 32.0 Å². The summed E-state index contributed by atoms with van der Waals surface area (Å²) in [6.07, 6.45) is -0.0402. The molecule has 1 aromatic carbocycles.